The molecular weight excluding hydrogens is 695 g/mol. The van der Waals surface area contributed by atoms with Crippen molar-refractivity contribution in [1.82, 2.24) is 29.7 Å². The number of ether oxygens (including phenoxy) is 1. The van der Waals surface area contributed by atoms with E-state index in [1.807, 2.05) is 118 Å². The number of likely N-dealkylation sites (N-methyl/N-ethyl adjacent to an activating group) is 1. The van der Waals surface area contributed by atoms with Crippen LogP contribution in [-0.4, -0.2) is 86.4 Å². The van der Waals surface area contributed by atoms with Gasteiger partial charge in [0.05, 0.1) is 23.8 Å². The first-order chi connectivity index (χ1) is 26.3. The molecule has 2 aromatic heterocycles. The third-order valence-electron chi connectivity index (χ3n) is 9.26. The fraction of sp³-hybridized carbons (Fsp3) is 0.372. The van der Waals surface area contributed by atoms with E-state index in [-0.39, 0.29) is 11.8 Å². The Morgan fingerprint density at radius 2 is 1.78 bits per heavy atom. The lowest BCUT2D eigenvalue weighted by molar-refractivity contribution is -0.137. The summed E-state index contributed by atoms with van der Waals surface area (Å²) in [7, 11) is 3.85. The van der Waals surface area contributed by atoms with E-state index in [4.69, 9.17) is 14.1 Å². The summed E-state index contributed by atoms with van der Waals surface area (Å²) >= 11 is 0. The number of hydrogen-bond acceptors (Lipinski definition) is 8. The molecule has 2 N–H and O–H groups in total. The summed E-state index contributed by atoms with van der Waals surface area (Å²) in [6.07, 6.45) is 11.3. The largest absolute Gasteiger partial charge is 0.444 e. The molecule has 0 unspecified atom stereocenters. The topological polar surface area (TPSA) is 137 Å². The van der Waals surface area contributed by atoms with Crippen molar-refractivity contribution in [3.8, 4) is 35.6 Å². The number of carbonyl (C=O) groups excluding carboxylic acids is 3. The van der Waals surface area contributed by atoms with Crippen LogP contribution in [0.5, 0.6) is 0 Å². The lowest BCUT2D eigenvalue weighted by Crippen LogP contribution is -2.45. The van der Waals surface area contributed by atoms with Gasteiger partial charge in [0.15, 0.2) is 5.76 Å². The fourth-order valence-electron chi connectivity index (χ4n) is 6.70. The number of imidazole rings is 1. The number of hydrogen-bond donors (Lipinski definition) is 2. The molecule has 1 aliphatic heterocycles. The van der Waals surface area contributed by atoms with Gasteiger partial charge in [-0.2, -0.15) is 0 Å². The highest BCUT2D eigenvalue weighted by molar-refractivity contribution is 5.98. The van der Waals surface area contributed by atoms with Gasteiger partial charge in [-0.3, -0.25) is 19.4 Å². The zero-order valence-corrected chi connectivity index (χ0v) is 32.8. The maximum atomic E-state index is 13.9. The number of benzene rings is 3. The number of aromatic nitrogens is 3. The number of rotatable bonds is 11. The van der Waals surface area contributed by atoms with Crippen LogP contribution in [-0.2, 0) is 20.9 Å². The summed E-state index contributed by atoms with van der Waals surface area (Å²) in [4.78, 5) is 58.2. The third-order valence-corrected chi connectivity index (χ3v) is 9.26. The molecule has 12 heteroatoms. The molecule has 0 radical (unpaired) electrons. The maximum absolute atomic E-state index is 13.9. The molecule has 288 valence electrons. The molecule has 1 saturated heterocycles. The van der Waals surface area contributed by atoms with Crippen molar-refractivity contribution in [2.45, 2.75) is 78.1 Å². The van der Waals surface area contributed by atoms with E-state index in [1.54, 1.807) is 6.20 Å². The molecule has 3 heterocycles. The first-order valence-corrected chi connectivity index (χ1v) is 18.5. The van der Waals surface area contributed by atoms with Crippen LogP contribution in [0.25, 0.3) is 33.8 Å². The number of fused-ring (bicyclic) bond motifs is 1. The van der Waals surface area contributed by atoms with Gasteiger partial charge in [0.25, 0.3) is 0 Å². The molecule has 5 aromatic rings. The van der Waals surface area contributed by atoms with Gasteiger partial charge >= 0.3 is 6.09 Å². The standard InChI is InChI=1S/C41H49N7O5.C2H2/c1-8-20-47(39(50)36(46(6)7)27-13-10-9-11-14-27)25-35-43-30-19-18-28(22-32(30)44-35)34-24-42-38(52-34)29-17-16-26(2)31(23-29)45-37(49)33-15-12-21-48(33)40(51)53-41(3,4)5;1-2/h9-11,13-14,16-19,22-24,33,36H,8,12,15,20-21,25H2,1-7H3,(H,43,44)(H,45,49);1-2H/t33-,36+;/m0./s1. The van der Waals surface area contributed by atoms with E-state index in [9.17, 15) is 14.4 Å². The van der Waals surface area contributed by atoms with Crippen LogP contribution in [0.15, 0.2) is 77.3 Å². The van der Waals surface area contributed by atoms with Crippen molar-refractivity contribution in [2.24, 2.45) is 0 Å². The molecular formula is C43H51N7O5. The van der Waals surface area contributed by atoms with Crippen LogP contribution < -0.4 is 5.32 Å². The second-order valence-corrected chi connectivity index (χ2v) is 14.8. The smallest absolute Gasteiger partial charge is 0.410 e. The van der Waals surface area contributed by atoms with Crippen molar-refractivity contribution >= 4 is 34.6 Å². The molecule has 1 fully saturated rings. The lowest BCUT2D eigenvalue weighted by Gasteiger charge is -2.30. The minimum Gasteiger partial charge on any atom is -0.444 e. The number of nitrogens with zero attached hydrogens (tertiary/aromatic N) is 5. The summed E-state index contributed by atoms with van der Waals surface area (Å²) in [6, 6.07) is 20.3. The number of aryl methyl sites for hydroxylation is 1. The van der Waals surface area contributed by atoms with Gasteiger partial charge in [-0.1, -0.05) is 43.3 Å². The Kier molecular flexibility index (Phi) is 12.8. The average molecular weight is 746 g/mol. The number of aromatic amines is 1. The minimum absolute atomic E-state index is 0.0264. The van der Waals surface area contributed by atoms with Gasteiger partial charge in [-0.05, 0) is 103 Å². The number of anilines is 1. The number of terminal acetylenes is 1. The molecule has 12 nitrogen and oxygen atoms in total. The molecule has 2 atom stereocenters. The first kappa shape index (κ1) is 40.3. The van der Waals surface area contributed by atoms with Crippen molar-refractivity contribution in [3.05, 3.63) is 89.9 Å². The predicted molar refractivity (Wildman–Crippen MR) is 215 cm³/mol. The summed E-state index contributed by atoms with van der Waals surface area (Å²) in [6.45, 7) is 10.8. The molecule has 3 aromatic carbocycles. The van der Waals surface area contributed by atoms with Crippen LogP contribution in [0, 0.1) is 19.8 Å². The number of carbonyl (C=O) groups is 3. The molecule has 6 rings (SSSR count). The molecule has 0 bridgehead atoms. The highest BCUT2D eigenvalue weighted by Gasteiger charge is 2.37. The van der Waals surface area contributed by atoms with Crippen molar-refractivity contribution in [3.63, 3.8) is 0 Å². The van der Waals surface area contributed by atoms with E-state index in [2.05, 4.69) is 35.1 Å². The monoisotopic (exact) mass is 745 g/mol. The van der Waals surface area contributed by atoms with Gasteiger partial charge in [-0.25, -0.2) is 14.8 Å². The Hall–Kier alpha value is -5.93. The molecule has 0 spiro atoms. The molecule has 3 amide bonds. The van der Waals surface area contributed by atoms with Crippen molar-refractivity contribution in [1.29, 1.82) is 0 Å². The highest BCUT2D eigenvalue weighted by Crippen LogP contribution is 2.31. The van der Waals surface area contributed by atoms with Crippen LogP contribution >= 0.6 is 0 Å². The average Bonchev–Trinajstić information content (AvgIpc) is 3.93. The van der Waals surface area contributed by atoms with E-state index < -0.39 is 23.8 Å². The molecule has 0 saturated carbocycles. The van der Waals surface area contributed by atoms with E-state index in [0.29, 0.717) is 54.8 Å². The quantitative estimate of drug-likeness (QED) is 0.131. The fourth-order valence-corrected chi connectivity index (χ4v) is 6.70. The zero-order chi connectivity index (χ0) is 39.9. The SMILES string of the molecule is C#C.CCCN(Cc1nc2ccc(-c3cnc(-c4ccc(C)c(NC(=O)[C@@H]5CCCN5C(=O)OC(C)(C)C)c4)o3)cc2[nH]1)C(=O)[C@@H](c1ccccc1)N(C)C. The van der Waals surface area contributed by atoms with E-state index in [1.165, 1.54) is 4.90 Å². The zero-order valence-electron chi connectivity index (χ0n) is 32.8. The van der Waals surface area contributed by atoms with Crippen LogP contribution in [0.3, 0.4) is 0 Å². The van der Waals surface area contributed by atoms with Crippen molar-refractivity contribution in [2.75, 3.05) is 32.5 Å². The Balaban J connectivity index is 0.00000285. The van der Waals surface area contributed by atoms with E-state index in [0.717, 1.165) is 40.6 Å². The normalized spacial score (nSPS) is 14.7. The second kappa shape index (κ2) is 17.5. The van der Waals surface area contributed by atoms with E-state index >= 15 is 0 Å². The molecule has 0 aliphatic carbocycles. The third kappa shape index (κ3) is 9.60. The summed E-state index contributed by atoms with van der Waals surface area (Å²) in [5.74, 6) is 1.44. The number of oxazole rings is 1. The predicted octanol–water partition coefficient (Wildman–Crippen LogP) is 7.82. The summed E-state index contributed by atoms with van der Waals surface area (Å²) in [5.41, 5.74) is 4.90. The van der Waals surface area contributed by atoms with Gasteiger partial charge in [-0.15, -0.1) is 12.8 Å². The van der Waals surface area contributed by atoms with Gasteiger partial charge in [0, 0.05) is 29.9 Å². The van der Waals surface area contributed by atoms with Gasteiger partial charge in [0.1, 0.15) is 23.5 Å². The Labute approximate surface area is 323 Å². The number of nitrogens with one attached hydrogen (secondary N) is 2. The number of likely N-dealkylation sites (tertiary alicyclic amines) is 1. The lowest BCUT2D eigenvalue weighted by atomic mass is 10.0. The Morgan fingerprint density at radius 1 is 1.05 bits per heavy atom. The van der Waals surface area contributed by atoms with Crippen LogP contribution in [0.1, 0.15) is 70.0 Å². The minimum atomic E-state index is -0.648. The Bertz CT molecular complexity index is 2130. The van der Waals surface area contributed by atoms with Gasteiger partial charge < -0.3 is 24.4 Å². The molecule has 55 heavy (non-hydrogen) atoms. The first-order valence-electron chi connectivity index (χ1n) is 18.5. The summed E-state index contributed by atoms with van der Waals surface area (Å²) in [5, 5.41) is 3.02. The Morgan fingerprint density at radius 3 is 2.47 bits per heavy atom. The van der Waals surface area contributed by atoms with Crippen molar-refractivity contribution < 1.29 is 23.5 Å². The van der Waals surface area contributed by atoms with Crippen LogP contribution in [0.4, 0.5) is 10.5 Å². The number of H-pyrrole nitrogens is 1. The van der Waals surface area contributed by atoms with Crippen LogP contribution in [0.2, 0.25) is 0 Å². The number of amides is 3. The van der Waals surface area contributed by atoms with Gasteiger partial charge in [0.2, 0.25) is 17.7 Å². The highest BCUT2D eigenvalue weighted by atomic mass is 16.6. The summed E-state index contributed by atoms with van der Waals surface area (Å²) < 4.78 is 11.8. The maximum Gasteiger partial charge on any atom is 0.410 e. The second-order valence-electron chi connectivity index (χ2n) is 14.8. The molecule has 1 aliphatic rings.